The molecule has 0 spiro atoms. The SMILES string of the molecule is CCC1OC(N2CC=CCNC2=O)C(F)(F)C1OC(=O)c1ccccc1. The third-order valence-electron chi connectivity index (χ3n) is 4.38. The molecule has 1 aromatic carbocycles. The Morgan fingerprint density at radius 1 is 1.35 bits per heavy atom. The number of ether oxygens (including phenoxy) is 2. The maximum Gasteiger partial charge on any atom is 0.338 e. The number of benzene rings is 1. The summed E-state index contributed by atoms with van der Waals surface area (Å²) >= 11 is 0. The highest BCUT2D eigenvalue weighted by atomic mass is 19.3. The van der Waals surface area contributed by atoms with Crippen LogP contribution in [0.4, 0.5) is 13.6 Å². The van der Waals surface area contributed by atoms with Crippen molar-refractivity contribution in [2.24, 2.45) is 0 Å². The Morgan fingerprint density at radius 3 is 2.77 bits per heavy atom. The molecule has 0 aromatic heterocycles. The summed E-state index contributed by atoms with van der Waals surface area (Å²) < 4.78 is 40.6. The molecule has 2 aliphatic rings. The van der Waals surface area contributed by atoms with Gasteiger partial charge in [-0.1, -0.05) is 37.3 Å². The molecule has 0 bridgehead atoms. The number of rotatable bonds is 4. The maximum absolute atomic E-state index is 15.0. The lowest BCUT2D eigenvalue weighted by molar-refractivity contribution is -0.153. The van der Waals surface area contributed by atoms with E-state index < -0.39 is 36.4 Å². The van der Waals surface area contributed by atoms with Gasteiger partial charge in [0.25, 0.3) is 0 Å². The Morgan fingerprint density at radius 2 is 2.08 bits per heavy atom. The zero-order valence-corrected chi connectivity index (χ0v) is 14.2. The van der Waals surface area contributed by atoms with Crippen molar-refractivity contribution in [2.45, 2.75) is 37.7 Å². The van der Waals surface area contributed by atoms with Gasteiger partial charge in [-0.15, -0.1) is 0 Å². The van der Waals surface area contributed by atoms with Crippen LogP contribution in [-0.4, -0.2) is 54.3 Å². The van der Waals surface area contributed by atoms with Gasteiger partial charge in [-0.2, -0.15) is 8.78 Å². The number of carbonyl (C=O) groups excluding carboxylic acids is 2. The highest BCUT2D eigenvalue weighted by Crippen LogP contribution is 2.41. The number of amides is 2. The van der Waals surface area contributed by atoms with Crippen molar-refractivity contribution >= 4 is 12.0 Å². The average Bonchev–Trinajstić information content (AvgIpc) is 2.77. The third-order valence-corrected chi connectivity index (χ3v) is 4.38. The first-order chi connectivity index (χ1) is 12.4. The van der Waals surface area contributed by atoms with Gasteiger partial charge in [-0.3, -0.25) is 4.90 Å². The lowest BCUT2D eigenvalue weighted by Gasteiger charge is -2.30. The van der Waals surface area contributed by atoms with Crippen LogP contribution in [0.3, 0.4) is 0 Å². The number of esters is 1. The van der Waals surface area contributed by atoms with E-state index in [1.165, 1.54) is 12.1 Å². The van der Waals surface area contributed by atoms with Crippen LogP contribution in [0, 0.1) is 0 Å². The minimum Gasteiger partial charge on any atom is -0.449 e. The normalized spacial score (nSPS) is 27.7. The van der Waals surface area contributed by atoms with E-state index in [1.54, 1.807) is 37.3 Å². The van der Waals surface area contributed by atoms with Gasteiger partial charge in [0.05, 0.1) is 5.56 Å². The average molecular weight is 366 g/mol. The van der Waals surface area contributed by atoms with E-state index in [4.69, 9.17) is 9.47 Å². The summed E-state index contributed by atoms with van der Waals surface area (Å²) in [6.07, 6.45) is -1.09. The number of hydrogen-bond acceptors (Lipinski definition) is 4. The molecule has 0 radical (unpaired) electrons. The molecule has 8 heteroatoms. The Labute approximate surface area is 149 Å². The molecule has 26 heavy (non-hydrogen) atoms. The van der Waals surface area contributed by atoms with E-state index in [0.717, 1.165) is 4.90 Å². The monoisotopic (exact) mass is 366 g/mol. The molecule has 1 fully saturated rings. The largest absolute Gasteiger partial charge is 0.449 e. The number of nitrogens with one attached hydrogen (secondary N) is 1. The van der Waals surface area contributed by atoms with Gasteiger partial charge >= 0.3 is 17.9 Å². The molecule has 1 saturated heterocycles. The Kier molecular flexibility index (Phi) is 5.22. The van der Waals surface area contributed by atoms with Gasteiger partial charge in [0.2, 0.25) is 6.23 Å². The van der Waals surface area contributed by atoms with E-state index in [1.807, 2.05) is 0 Å². The molecular weight excluding hydrogens is 346 g/mol. The zero-order chi connectivity index (χ0) is 18.7. The van der Waals surface area contributed by atoms with Crippen LogP contribution in [0.15, 0.2) is 42.5 Å². The van der Waals surface area contributed by atoms with Crippen molar-refractivity contribution in [3.05, 3.63) is 48.0 Å². The molecule has 1 aromatic rings. The summed E-state index contributed by atoms with van der Waals surface area (Å²) in [5.74, 6) is -4.39. The van der Waals surface area contributed by atoms with Crippen molar-refractivity contribution in [1.82, 2.24) is 10.2 Å². The van der Waals surface area contributed by atoms with Gasteiger partial charge in [0.1, 0.15) is 6.10 Å². The van der Waals surface area contributed by atoms with Gasteiger partial charge in [-0.05, 0) is 18.6 Å². The first kappa shape index (κ1) is 18.3. The van der Waals surface area contributed by atoms with Gasteiger partial charge in [0, 0.05) is 13.1 Å². The van der Waals surface area contributed by atoms with Crippen LogP contribution in [0.2, 0.25) is 0 Å². The minimum absolute atomic E-state index is 0.0120. The fourth-order valence-corrected chi connectivity index (χ4v) is 3.02. The second-order valence-corrected chi connectivity index (χ2v) is 6.11. The highest BCUT2D eigenvalue weighted by molar-refractivity contribution is 5.89. The van der Waals surface area contributed by atoms with Crippen LogP contribution in [-0.2, 0) is 9.47 Å². The number of alkyl halides is 2. The fraction of sp³-hybridized carbons (Fsp3) is 0.444. The summed E-state index contributed by atoms with van der Waals surface area (Å²) in [7, 11) is 0. The smallest absolute Gasteiger partial charge is 0.338 e. The number of urea groups is 1. The molecule has 140 valence electrons. The third kappa shape index (κ3) is 3.41. The van der Waals surface area contributed by atoms with Gasteiger partial charge in [-0.25, -0.2) is 9.59 Å². The van der Waals surface area contributed by atoms with Crippen LogP contribution in [0.1, 0.15) is 23.7 Å². The van der Waals surface area contributed by atoms with Crippen LogP contribution >= 0.6 is 0 Å². The van der Waals surface area contributed by atoms with E-state index in [0.29, 0.717) is 0 Å². The van der Waals surface area contributed by atoms with E-state index in [9.17, 15) is 9.59 Å². The molecule has 0 aliphatic carbocycles. The Bertz CT molecular complexity index is 696. The number of nitrogens with zero attached hydrogens (tertiary/aromatic N) is 1. The molecule has 2 heterocycles. The molecule has 3 unspecified atom stereocenters. The lowest BCUT2D eigenvalue weighted by atomic mass is 10.1. The molecular formula is C18H20F2N2O4. The lowest BCUT2D eigenvalue weighted by Crippen LogP contribution is -2.54. The topological polar surface area (TPSA) is 67.9 Å². The summed E-state index contributed by atoms with van der Waals surface area (Å²) in [4.78, 5) is 25.2. The first-order valence-corrected chi connectivity index (χ1v) is 8.44. The van der Waals surface area contributed by atoms with Gasteiger partial charge in [0.15, 0.2) is 6.10 Å². The number of carbonyl (C=O) groups is 2. The first-order valence-electron chi connectivity index (χ1n) is 8.44. The van der Waals surface area contributed by atoms with Crippen molar-refractivity contribution < 1.29 is 27.8 Å². The summed E-state index contributed by atoms with van der Waals surface area (Å²) in [6.45, 7) is 1.91. The predicted molar refractivity (Wildman–Crippen MR) is 88.8 cm³/mol. The number of halogens is 2. The predicted octanol–water partition coefficient (Wildman–Crippen LogP) is 2.56. The Balaban J connectivity index is 1.82. The Hall–Kier alpha value is -2.48. The van der Waals surface area contributed by atoms with E-state index >= 15 is 8.78 Å². The highest BCUT2D eigenvalue weighted by Gasteiger charge is 2.63. The van der Waals surface area contributed by atoms with E-state index in [-0.39, 0.29) is 25.1 Å². The number of hydrogen-bond donors (Lipinski definition) is 1. The summed E-state index contributed by atoms with van der Waals surface area (Å²) in [5.41, 5.74) is 0.178. The summed E-state index contributed by atoms with van der Waals surface area (Å²) in [6, 6.07) is 7.27. The standard InChI is InChI=1S/C18H20F2N2O4/c1-2-13-14(26-15(23)12-8-4-3-5-9-12)18(19,20)16(25-13)22-11-7-6-10-21-17(22)24/h3-9,13-14,16H,2,10-11H2,1H3,(H,21,24). The minimum atomic E-state index is -3.54. The van der Waals surface area contributed by atoms with Gasteiger partial charge < -0.3 is 14.8 Å². The molecule has 1 N–H and O–H groups in total. The molecule has 3 rings (SSSR count). The quantitative estimate of drug-likeness (QED) is 0.657. The molecule has 0 saturated carbocycles. The molecule has 3 atom stereocenters. The van der Waals surface area contributed by atoms with Crippen molar-refractivity contribution in [1.29, 1.82) is 0 Å². The second kappa shape index (κ2) is 7.41. The van der Waals surface area contributed by atoms with Crippen LogP contribution < -0.4 is 5.32 Å². The summed E-state index contributed by atoms with van der Waals surface area (Å²) in [5, 5.41) is 2.50. The molecule has 2 aliphatic heterocycles. The van der Waals surface area contributed by atoms with Crippen molar-refractivity contribution in [3.8, 4) is 0 Å². The van der Waals surface area contributed by atoms with Crippen LogP contribution in [0.5, 0.6) is 0 Å². The van der Waals surface area contributed by atoms with Crippen molar-refractivity contribution in [3.63, 3.8) is 0 Å². The van der Waals surface area contributed by atoms with E-state index in [2.05, 4.69) is 5.32 Å². The molecule has 6 nitrogen and oxygen atoms in total. The fourth-order valence-electron chi connectivity index (χ4n) is 3.02. The second-order valence-electron chi connectivity index (χ2n) is 6.11. The van der Waals surface area contributed by atoms with Crippen molar-refractivity contribution in [2.75, 3.05) is 13.1 Å². The zero-order valence-electron chi connectivity index (χ0n) is 14.2. The maximum atomic E-state index is 15.0. The van der Waals surface area contributed by atoms with Crippen LogP contribution in [0.25, 0.3) is 0 Å². The molecule has 2 amide bonds.